The third-order valence-electron chi connectivity index (χ3n) is 3.51. The Bertz CT molecular complexity index is 369. The predicted molar refractivity (Wildman–Crippen MR) is 65.1 cm³/mol. The van der Waals surface area contributed by atoms with Gasteiger partial charge >= 0.3 is 5.97 Å². The zero-order valence-corrected chi connectivity index (χ0v) is 10.4. The number of carbonyl (C=O) groups excluding carboxylic acids is 1. The number of ether oxygens (including phenoxy) is 1. The lowest BCUT2D eigenvalue weighted by Crippen LogP contribution is -2.34. The monoisotopic (exact) mass is 253 g/mol. The molecular formula is C13H19NO4. The summed E-state index contributed by atoms with van der Waals surface area (Å²) in [5, 5.41) is 11.9. The fourth-order valence-electron chi connectivity index (χ4n) is 2.51. The molecular weight excluding hydrogens is 234 g/mol. The van der Waals surface area contributed by atoms with Crippen LogP contribution in [-0.2, 0) is 14.3 Å². The number of carboxylic acid groups (broad SMARTS) is 1. The van der Waals surface area contributed by atoms with E-state index in [1.807, 2.05) is 0 Å². The topological polar surface area (TPSA) is 75.6 Å². The van der Waals surface area contributed by atoms with E-state index in [1.54, 1.807) is 0 Å². The SMILES string of the molecule is O=C(O)C1=C(C(=O)NC[C@@H]2CCCO2)CCCC1. The Morgan fingerprint density at radius 3 is 2.56 bits per heavy atom. The second kappa shape index (κ2) is 6.00. The molecule has 1 fully saturated rings. The van der Waals surface area contributed by atoms with Crippen molar-refractivity contribution in [2.45, 2.75) is 44.6 Å². The van der Waals surface area contributed by atoms with Gasteiger partial charge in [-0.1, -0.05) is 0 Å². The zero-order valence-electron chi connectivity index (χ0n) is 10.4. The minimum atomic E-state index is -0.961. The molecule has 18 heavy (non-hydrogen) atoms. The van der Waals surface area contributed by atoms with E-state index in [-0.39, 0.29) is 17.6 Å². The molecule has 1 aliphatic heterocycles. The first kappa shape index (κ1) is 13.1. The summed E-state index contributed by atoms with van der Waals surface area (Å²) in [4.78, 5) is 23.0. The van der Waals surface area contributed by atoms with Crippen molar-refractivity contribution in [2.24, 2.45) is 0 Å². The van der Waals surface area contributed by atoms with Crippen LogP contribution in [0.15, 0.2) is 11.1 Å². The standard InChI is InChI=1S/C13H19NO4/c15-12(14-8-9-4-3-7-18-9)10-5-1-2-6-11(10)13(16)17/h9H,1-8H2,(H,14,15)(H,16,17)/t9-/m0/s1. The molecule has 1 saturated heterocycles. The van der Waals surface area contributed by atoms with Gasteiger partial charge in [-0.2, -0.15) is 0 Å². The highest BCUT2D eigenvalue weighted by Gasteiger charge is 2.24. The fraction of sp³-hybridized carbons (Fsp3) is 0.692. The van der Waals surface area contributed by atoms with Gasteiger partial charge in [0.15, 0.2) is 0 Å². The molecule has 0 bridgehead atoms. The lowest BCUT2D eigenvalue weighted by Gasteiger charge is -2.18. The van der Waals surface area contributed by atoms with Gasteiger partial charge in [-0.3, -0.25) is 4.79 Å². The van der Waals surface area contributed by atoms with Gasteiger partial charge in [0.05, 0.1) is 6.10 Å². The van der Waals surface area contributed by atoms with Crippen LogP contribution in [0.25, 0.3) is 0 Å². The smallest absolute Gasteiger partial charge is 0.332 e. The summed E-state index contributed by atoms with van der Waals surface area (Å²) in [6.45, 7) is 1.23. The molecule has 5 heteroatoms. The van der Waals surface area contributed by atoms with Crippen LogP contribution in [0.4, 0.5) is 0 Å². The number of amides is 1. The first-order valence-corrected chi connectivity index (χ1v) is 6.53. The first-order chi connectivity index (χ1) is 8.68. The number of carboxylic acids is 1. The van der Waals surface area contributed by atoms with Crippen molar-refractivity contribution in [2.75, 3.05) is 13.2 Å². The molecule has 0 spiro atoms. The van der Waals surface area contributed by atoms with E-state index in [1.165, 1.54) is 0 Å². The van der Waals surface area contributed by atoms with Crippen LogP contribution < -0.4 is 5.32 Å². The van der Waals surface area contributed by atoms with Crippen molar-refractivity contribution in [3.05, 3.63) is 11.1 Å². The lowest BCUT2D eigenvalue weighted by molar-refractivity contribution is -0.133. The van der Waals surface area contributed by atoms with Crippen LogP contribution in [0, 0.1) is 0 Å². The average molecular weight is 253 g/mol. The molecule has 2 aliphatic rings. The molecule has 1 aliphatic carbocycles. The Balaban J connectivity index is 1.95. The number of aliphatic carboxylic acids is 1. The zero-order chi connectivity index (χ0) is 13.0. The summed E-state index contributed by atoms with van der Waals surface area (Å²) >= 11 is 0. The minimum Gasteiger partial charge on any atom is -0.478 e. The van der Waals surface area contributed by atoms with Crippen molar-refractivity contribution in [1.82, 2.24) is 5.32 Å². The third-order valence-corrected chi connectivity index (χ3v) is 3.51. The number of rotatable bonds is 4. The summed E-state index contributed by atoms with van der Waals surface area (Å²) in [7, 11) is 0. The van der Waals surface area contributed by atoms with Gasteiger partial charge in [-0.25, -0.2) is 4.79 Å². The second-order valence-corrected chi connectivity index (χ2v) is 4.81. The van der Waals surface area contributed by atoms with Crippen molar-refractivity contribution < 1.29 is 19.4 Å². The van der Waals surface area contributed by atoms with Gasteiger partial charge in [0, 0.05) is 24.3 Å². The van der Waals surface area contributed by atoms with Gasteiger partial charge in [-0.15, -0.1) is 0 Å². The molecule has 2 N–H and O–H groups in total. The van der Waals surface area contributed by atoms with E-state index in [4.69, 9.17) is 9.84 Å². The predicted octanol–water partition coefficient (Wildman–Crippen LogP) is 1.24. The molecule has 0 aromatic rings. The van der Waals surface area contributed by atoms with Crippen LogP contribution in [0.1, 0.15) is 38.5 Å². The van der Waals surface area contributed by atoms with Crippen LogP contribution in [-0.4, -0.2) is 36.2 Å². The van der Waals surface area contributed by atoms with Crippen LogP contribution in [0.5, 0.6) is 0 Å². The number of nitrogens with one attached hydrogen (secondary N) is 1. The fourth-order valence-corrected chi connectivity index (χ4v) is 2.51. The van der Waals surface area contributed by atoms with Crippen molar-refractivity contribution in [1.29, 1.82) is 0 Å². The normalized spacial score (nSPS) is 24.1. The van der Waals surface area contributed by atoms with E-state index in [0.717, 1.165) is 32.3 Å². The van der Waals surface area contributed by atoms with Crippen molar-refractivity contribution in [3.8, 4) is 0 Å². The molecule has 0 radical (unpaired) electrons. The second-order valence-electron chi connectivity index (χ2n) is 4.81. The Hall–Kier alpha value is -1.36. The lowest BCUT2D eigenvalue weighted by atomic mass is 9.91. The van der Waals surface area contributed by atoms with Gasteiger partial charge in [-0.05, 0) is 38.5 Å². The first-order valence-electron chi connectivity index (χ1n) is 6.53. The maximum absolute atomic E-state index is 12.0. The summed E-state index contributed by atoms with van der Waals surface area (Å²) in [5.41, 5.74) is 0.734. The third kappa shape index (κ3) is 3.10. The van der Waals surface area contributed by atoms with E-state index in [0.29, 0.717) is 25.0 Å². The van der Waals surface area contributed by atoms with E-state index in [9.17, 15) is 9.59 Å². The van der Waals surface area contributed by atoms with Crippen LogP contribution in [0.3, 0.4) is 0 Å². The van der Waals surface area contributed by atoms with Gasteiger partial charge in [0.2, 0.25) is 5.91 Å². The minimum absolute atomic E-state index is 0.0893. The van der Waals surface area contributed by atoms with Crippen molar-refractivity contribution >= 4 is 11.9 Å². The Morgan fingerprint density at radius 1 is 1.22 bits per heavy atom. The maximum atomic E-state index is 12.0. The quantitative estimate of drug-likeness (QED) is 0.790. The number of carbonyl (C=O) groups is 2. The molecule has 2 rings (SSSR count). The van der Waals surface area contributed by atoms with Crippen LogP contribution in [0.2, 0.25) is 0 Å². The van der Waals surface area contributed by atoms with Crippen molar-refractivity contribution in [3.63, 3.8) is 0 Å². The molecule has 100 valence electrons. The van der Waals surface area contributed by atoms with Gasteiger partial charge < -0.3 is 15.2 Å². The average Bonchev–Trinajstić information content (AvgIpc) is 2.89. The maximum Gasteiger partial charge on any atom is 0.332 e. The summed E-state index contributed by atoms with van der Waals surface area (Å²) in [5.74, 6) is -1.19. The molecule has 0 saturated carbocycles. The Morgan fingerprint density at radius 2 is 1.94 bits per heavy atom. The molecule has 1 heterocycles. The van der Waals surface area contributed by atoms with E-state index in [2.05, 4.69) is 5.32 Å². The number of hydrogen-bond donors (Lipinski definition) is 2. The Labute approximate surface area is 106 Å². The van der Waals surface area contributed by atoms with Crippen LogP contribution >= 0.6 is 0 Å². The molecule has 0 unspecified atom stereocenters. The highest BCUT2D eigenvalue weighted by atomic mass is 16.5. The summed E-state index contributed by atoms with van der Waals surface area (Å²) in [6, 6.07) is 0. The largest absolute Gasteiger partial charge is 0.478 e. The molecule has 0 aromatic heterocycles. The Kier molecular flexibility index (Phi) is 4.36. The molecule has 1 amide bonds. The number of hydrogen-bond acceptors (Lipinski definition) is 3. The molecule has 5 nitrogen and oxygen atoms in total. The van der Waals surface area contributed by atoms with Gasteiger partial charge in [0.1, 0.15) is 0 Å². The van der Waals surface area contributed by atoms with E-state index >= 15 is 0 Å². The van der Waals surface area contributed by atoms with E-state index < -0.39 is 5.97 Å². The highest BCUT2D eigenvalue weighted by Crippen LogP contribution is 2.25. The highest BCUT2D eigenvalue weighted by molar-refractivity contribution is 6.02. The summed E-state index contributed by atoms with van der Waals surface area (Å²) < 4.78 is 5.42. The van der Waals surface area contributed by atoms with Gasteiger partial charge in [0.25, 0.3) is 0 Å². The molecule has 1 atom stereocenters. The molecule has 0 aromatic carbocycles. The summed E-state index contributed by atoms with van der Waals surface area (Å²) in [6.07, 6.45) is 4.89.